The molecule has 0 unspecified atom stereocenters. The third-order valence-electron chi connectivity index (χ3n) is 4.14. The van der Waals surface area contributed by atoms with Gasteiger partial charge in [-0.3, -0.25) is 4.90 Å². The zero-order chi connectivity index (χ0) is 14.5. The highest BCUT2D eigenvalue weighted by molar-refractivity contribution is 5.43. The van der Waals surface area contributed by atoms with Crippen LogP contribution in [0.1, 0.15) is 12.5 Å². The summed E-state index contributed by atoms with van der Waals surface area (Å²) in [6.45, 7) is 6.95. The minimum absolute atomic E-state index is 0.557. The number of benzene rings is 1. The Morgan fingerprint density at radius 1 is 1.05 bits per heavy atom. The molecule has 20 heavy (non-hydrogen) atoms. The second-order valence-corrected chi connectivity index (χ2v) is 5.58. The summed E-state index contributed by atoms with van der Waals surface area (Å²) >= 11 is 0. The van der Waals surface area contributed by atoms with Crippen molar-refractivity contribution in [3.05, 3.63) is 23.8 Å². The van der Waals surface area contributed by atoms with Crippen molar-refractivity contribution < 1.29 is 9.47 Å². The molecule has 1 aliphatic rings. The Hall–Kier alpha value is -1.26. The molecule has 112 valence electrons. The molecule has 0 spiro atoms. The molecule has 1 aromatic rings. The lowest BCUT2D eigenvalue weighted by molar-refractivity contribution is 0.118. The smallest absolute Gasteiger partial charge is 0.160 e. The van der Waals surface area contributed by atoms with E-state index in [0.29, 0.717) is 6.04 Å². The second-order valence-electron chi connectivity index (χ2n) is 5.58. The summed E-state index contributed by atoms with van der Waals surface area (Å²) < 4.78 is 10.7. The number of hydrogen-bond donors (Lipinski definition) is 0. The number of likely N-dealkylation sites (N-methyl/N-ethyl adjacent to an activating group) is 1. The summed E-state index contributed by atoms with van der Waals surface area (Å²) in [6, 6.07) is 6.77. The monoisotopic (exact) mass is 278 g/mol. The third-order valence-corrected chi connectivity index (χ3v) is 4.14. The minimum Gasteiger partial charge on any atom is -0.493 e. The molecule has 0 radical (unpaired) electrons. The number of methoxy groups -OCH3 is 2. The Kier molecular flexibility index (Phi) is 5.26. The first-order valence-electron chi connectivity index (χ1n) is 7.27. The SMILES string of the molecule is COc1ccc(C[C@@H](C)N2CCN(C)CC2)cc1OC. The van der Waals surface area contributed by atoms with Crippen molar-refractivity contribution >= 4 is 0 Å². The zero-order valence-corrected chi connectivity index (χ0v) is 13.1. The molecule has 1 atom stereocenters. The molecule has 0 aromatic heterocycles. The van der Waals surface area contributed by atoms with Gasteiger partial charge in [-0.15, -0.1) is 0 Å². The molecule has 1 heterocycles. The van der Waals surface area contributed by atoms with Crippen LogP contribution < -0.4 is 9.47 Å². The highest BCUT2D eigenvalue weighted by Crippen LogP contribution is 2.28. The molecular formula is C16H26N2O2. The molecule has 0 amide bonds. The van der Waals surface area contributed by atoms with Gasteiger partial charge in [0, 0.05) is 32.2 Å². The number of ether oxygens (including phenoxy) is 2. The largest absolute Gasteiger partial charge is 0.493 e. The highest BCUT2D eigenvalue weighted by atomic mass is 16.5. The van der Waals surface area contributed by atoms with Crippen LogP contribution >= 0.6 is 0 Å². The first-order chi connectivity index (χ1) is 9.63. The molecular weight excluding hydrogens is 252 g/mol. The van der Waals surface area contributed by atoms with Crippen LogP contribution in [0.2, 0.25) is 0 Å². The Bertz CT molecular complexity index is 428. The van der Waals surface area contributed by atoms with E-state index in [0.717, 1.165) is 44.1 Å². The van der Waals surface area contributed by atoms with Gasteiger partial charge < -0.3 is 14.4 Å². The van der Waals surface area contributed by atoms with E-state index >= 15 is 0 Å². The van der Waals surface area contributed by atoms with Gasteiger partial charge in [-0.25, -0.2) is 0 Å². The molecule has 1 aromatic carbocycles. The van der Waals surface area contributed by atoms with E-state index in [1.165, 1.54) is 5.56 Å². The van der Waals surface area contributed by atoms with Gasteiger partial charge in [0.15, 0.2) is 11.5 Å². The molecule has 1 saturated heterocycles. The van der Waals surface area contributed by atoms with Crippen molar-refractivity contribution in [2.45, 2.75) is 19.4 Å². The molecule has 2 rings (SSSR count). The fraction of sp³-hybridized carbons (Fsp3) is 0.625. The summed E-state index contributed by atoms with van der Waals surface area (Å²) in [5.74, 6) is 1.61. The van der Waals surface area contributed by atoms with Gasteiger partial charge >= 0.3 is 0 Å². The molecule has 0 bridgehead atoms. The quantitative estimate of drug-likeness (QED) is 0.821. The Labute approximate surface area is 122 Å². The maximum atomic E-state index is 5.37. The molecule has 4 nitrogen and oxygen atoms in total. The van der Waals surface area contributed by atoms with E-state index in [1.807, 2.05) is 6.07 Å². The molecule has 0 saturated carbocycles. The Morgan fingerprint density at radius 2 is 1.70 bits per heavy atom. The first-order valence-corrected chi connectivity index (χ1v) is 7.27. The number of rotatable bonds is 5. The lowest BCUT2D eigenvalue weighted by Crippen LogP contribution is -2.48. The van der Waals surface area contributed by atoms with Gasteiger partial charge in [0.2, 0.25) is 0 Å². The van der Waals surface area contributed by atoms with E-state index < -0.39 is 0 Å². The second kappa shape index (κ2) is 6.95. The van der Waals surface area contributed by atoms with Crippen molar-refractivity contribution in [3.63, 3.8) is 0 Å². The standard InChI is InChI=1S/C16H26N2O2/c1-13(18-9-7-17(2)8-10-18)11-14-5-6-15(19-3)16(12-14)20-4/h5-6,12-13H,7-11H2,1-4H3/t13-/m1/s1. The summed E-state index contributed by atoms with van der Waals surface area (Å²) in [6.07, 6.45) is 1.05. The van der Waals surface area contributed by atoms with Crippen LogP contribution in [-0.4, -0.2) is 63.3 Å². The van der Waals surface area contributed by atoms with Crippen molar-refractivity contribution in [2.75, 3.05) is 47.4 Å². The normalized spacial score (nSPS) is 18.8. The van der Waals surface area contributed by atoms with E-state index in [9.17, 15) is 0 Å². The van der Waals surface area contributed by atoms with Crippen LogP contribution in [0, 0.1) is 0 Å². The highest BCUT2D eigenvalue weighted by Gasteiger charge is 2.19. The van der Waals surface area contributed by atoms with Crippen LogP contribution in [-0.2, 0) is 6.42 Å². The number of nitrogens with zero attached hydrogens (tertiary/aromatic N) is 2. The van der Waals surface area contributed by atoms with Crippen molar-refractivity contribution in [2.24, 2.45) is 0 Å². The topological polar surface area (TPSA) is 24.9 Å². The van der Waals surface area contributed by atoms with Gasteiger partial charge in [-0.05, 0) is 38.1 Å². The number of piperazine rings is 1. The van der Waals surface area contributed by atoms with Crippen LogP contribution in [0.4, 0.5) is 0 Å². The van der Waals surface area contributed by atoms with E-state index in [2.05, 4.69) is 35.9 Å². The summed E-state index contributed by atoms with van der Waals surface area (Å²) in [5, 5.41) is 0. The molecule has 1 fully saturated rings. The van der Waals surface area contributed by atoms with Gasteiger partial charge in [-0.2, -0.15) is 0 Å². The molecule has 4 heteroatoms. The van der Waals surface area contributed by atoms with Crippen molar-refractivity contribution in [1.29, 1.82) is 0 Å². The van der Waals surface area contributed by atoms with Gasteiger partial charge in [0.05, 0.1) is 14.2 Å². The maximum Gasteiger partial charge on any atom is 0.160 e. The summed E-state index contributed by atoms with van der Waals surface area (Å²) in [4.78, 5) is 4.95. The fourth-order valence-electron chi connectivity index (χ4n) is 2.74. The Morgan fingerprint density at radius 3 is 2.30 bits per heavy atom. The number of hydrogen-bond acceptors (Lipinski definition) is 4. The average Bonchev–Trinajstić information content (AvgIpc) is 2.47. The van der Waals surface area contributed by atoms with Crippen molar-refractivity contribution in [3.8, 4) is 11.5 Å². The van der Waals surface area contributed by atoms with Crippen LogP contribution in [0.3, 0.4) is 0 Å². The third kappa shape index (κ3) is 3.64. The van der Waals surface area contributed by atoms with Gasteiger partial charge in [-0.1, -0.05) is 6.07 Å². The van der Waals surface area contributed by atoms with E-state index in [4.69, 9.17) is 9.47 Å². The molecule has 0 N–H and O–H groups in total. The average molecular weight is 278 g/mol. The molecule has 0 aliphatic carbocycles. The summed E-state index contributed by atoms with van der Waals surface area (Å²) in [5.41, 5.74) is 1.30. The van der Waals surface area contributed by atoms with Gasteiger partial charge in [0.25, 0.3) is 0 Å². The first kappa shape index (κ1) is 15.1. The van der Waals surface area contributed by atoms with E-state index in [-0.39, 0.29) is 0 Å². The van der Waals surface area contributed by atoms with Gasteiger partial charge in [0.1, 0.15) is 0 Å². The minimum atomic E-state index is 0.557. The lowest BCUT2D eigenvalue weighted by Gasteiger charge is -2.36. The van der Waals surface area contributed by atoms with Crippen molar-refractivity contribution in [1.82, 2.24) is 9.80 Å². The predicted molar refractivity (Wildman–Crippen MR) is 81.8 cm³/mol. The van der Waals surface area contributed by atoms with Crippen LogP contribution in [0.5, 0.6) is 11.5 Å². The fourth-order valence-corrected chi connectivity index (χ4v) is 2.74. The maximum absolute atomic E-state index is 5.37. The lowest BCUT2D eigenvalue weighted by atomic mass is 10.0. The van der Waals surface area contributed by atoms with E-state index in [1.54, 1.807) is 14.2 Å². The Balaban J connectivity index is 1.98. The summed E-state index contributed by atoms with van der Waals surface area (Å²) in [7, 11) is 5.55. The predicted octanol–water partition coefficient (Wildman–Crippen LogP) is 1.88. The van der Waals surface area contributed by atoms with Crippen LogP contribution in [0.25, 0.3) is 0 Å². The molecule has 1 aliphatic heterocycles. The van der Waals surface area contributed by atoms with Crippen LogP contribution in [0.15, 0.2) is 18.2 Å². The zero-order valence-electron chi connectivity index (χ0n) is 13.1.